The summed E-state index contributed by atoms with van der Waals surface area (Å²) in [6, 6.07) is 0. The van der Waals surface area contributed by atoms with Crippen molar-refractivity contribution in [2.75, 3.05) is 19.8 Å². The number of rotatable bonds is 5. The highest BCUT2D eigenvalue weighted by Gasteiger charge is 2.16. The molecule has 0 aromatic carbocycles. The van der Waals surface area contributed by atoms with E-state index in [9.17, 15) is 0 Å². The van der Waals surface area contributed by atoms with Crippen molar-refractivity contribution in [1.29, 1.82) is 0 Å². The summed E-state index contributed by atoms with van der Waals surface area (Å²) in [4.78, 5) is 0. The molecule has 0 fully saturated rings. The van der Waals surface area contributed by atoms with Gasteiger partial charge in [-0.3, -0.25) is 0 Å². The first-order chi connectivity index (χ1) is 4.98. The van der Waals surface area contributed by atoms with Crippen molar-refractivity contribution in [1.82, 2.24) is 0 Å². The predicted molar refractivity (Wildman–Crippen MR) is 46.5 cm³/mol. The first kappa shape index (κ1) is 10.9. The molecule has 0 radical (unpaired) electrons. The summed E-state index contributed by atoms with van der Waals surface area (Å²) in [6.07, 6.45) is 0. The van der Waals surface area contributed by atoms with Gasteiger partial charge in [0.15, 0.2) is 0 Å². The topological polar surface area (TPSA) is 29.5 Å². The molecular formula is C9H20O2. The minimum atomic E-state index is -0.0884. The lowest BCUT2D eigenvalue weighted by atomic mass is 9.96. The Bertz CT molecular complexity index is 97.7. The van der Waals surface area contributed by atoms with Gasteiger partial charge in [-0.15, -0.1) is 0 Å². The fourth-order valence-corrected chi connectivity index (χ4v) is 0.617. The number of hydrogen-bond donors (Lipinski definition) is 1. The molecule has 0 unspecified atom stereocenters. The molecule has 0 aliphatic carbocycles. The SMILES string of the molecule is CC(C)COCC(C)(C)CO. The fourth-order valence-electron chi connectivity index (χ4n) is 0.617. The Hall–Kier alpha value is -0.0800. The van der Waals surface area contributed by atoms with Crippen LogP contribution in [-0.4, -0.2) is 24.9 Å². The van der Waals surface area contributed by atoms with E-state index in [1.54, 1.807) is 0 Å². The summed E-state index contributed by atoms with van der Waals surface area (Å²) in [5.74, 6) is 0.574. The second kappa shape index (κ2) is 4.73. The maximum atomic E-state index is 8.88. The van der Waals surface area contributed by atoms with E-state index in [4.69, 9.17) is 9.84 Å². The number of ether oxygens (including phenoxy) is 1. The van der Waals surface area contributed by atoms with Crippen molar-refractivity contribution in [3.8, 4) is 0 Å². The average Bonchev–Trinajstić information content (AvgIpc) is 1.87. The number of aliphatic hydroxyl groups excluding tert-OH is 1. The molecule has 0 amide bonds. The van der Waals surface area contributed by atoms with Gasteiger partial charge in [0.25, 0.3) is 0 Å². The minimum absolute atomic E-state index is 0.0884. The van der Waals surface area contributed by atoms with Gasteiger partial charge in [-0.2, -0.15) is 0 Å². The summed E-state index contributed by atoms with van der Waals surface area (Å²) >= 11 is 0. The van der Waals surface area contributed by atoms with E-state index < -0.39 is 0 Å². The zero-order valence-electron chi connectivity index (χ0n) is 8.05. The van der Waals surface area contributed by atoms with Crippen LogP contribution in [0, 0.1) is 11.3 Å². The normalized spacial score (nSPS) is 12.5. The van der Waals surface area contributed by atoms with E-state index in [-0.39, 0.29) is 12.0 Å². The van der Waals surface area contributed by atoms with Crippen LogP contribution in [0.3, 0.4) is 0 Å². The number of hydrogen-bond acceptors (Lipinski definition) is 2. The second-order valence-electron chi connectivity index (χ2n) is 4.23. The van der Waals surface area contributed by atoms with Crippen molar-refractivity contribution in [3.63, 3.8) is 0 Å². The van der Waals surface area contributed by atoms with E-state index >= 15 is 0 Å². The lowest BCUT2D eigenvalue weighted by Gasteiger charge is -2.21. The van der Waals surface area contributed by atoms with Crippen LogP contribution < -0.4 is 0 Å². The van der Waals surface area contributed by atoms with Crippen molar-refractivity contribution >= 4 is 0 Å². The van der Waals surface area contributed by atoms with Gasteiger partial charge in [0.2, 0.25) is 0 Å². The highest BCUT2D eigenvalue weighted by atomic mass is 16.5. The highest BCUT2D eigenvalue weighted by Crippen LogP contribution is 2.13. The predicted octanol–water partition coefficient (Wildman–Crippen LogP) is 1.68. The van der Waals surface area contributed by atoms with E-state index in [1.165, 1.54) is 0 Å². The summed E-state index contributed by atoms with van der Waals surface area (Å²) < 4.78 is 5.39. The molecule has 0 saturated heterocycles. The number of aliphatic hydroxyl groups is 1. The third-order valence-corrected chi connectivity index (χ3v) is 1.37. The van der Waals surface area contributed by atoms with Crippen LogP contribution in [0.25, 0.3) is 0 Å². The van der Waals surface area contributed by atoms with Crippen molar-refractivity contribution in [2.45, 2.75) is 27.7 Å². The molecule has 2 nitrogen and oxygen atoms in total. The molecule has 0 aromatic rings. The molecule has 11 heavy (non-hydrogen) atoms. The van der Waals surface area contributed by atoms with Gasteiger partial charge in [-0.05, 0) is 5.92 Å². The average molecular weight is 160 g/mol. The van der Waals surface area contributed by atoms with Gasteiger partial charge in [0.1, 0.15) is 0 Å². The fraction of sp³-hybridized carbons (Fsp3) is 1.00. The van der Waals surface area contributed by atoms with E-state index in [0.29, 0.717) is 12.5 Å². The summed E-state index contributed by atoms with van der Waals surface area (Å²) in [5, 5.41) is 8.88. The van der Waals surface area contributed by atoms with Crippen LogP contribution in [0.4, 0.5) is 0 Å². The van der Waals surface area contributed by atoms with Crippen LogP contribution in [0.5, 0.6) is 0 Å². The van der Waals surface area contributed by atoms with Crippen LogP contribution in [0.2, 0.25) is 0 Å². The van der Waals surface area contributed by atoms with Crippen molar-refractivity contribution < 1.29 is 9.84 Å². The quantitative estimate of drug-likeness (QED) is 0.663. The van der Waals surface area contributed by atoms with Gasteiger partial charge < -0.3 is 9.84 Å². The highest BCUT2D eigenvalue weighted by molar-refractivity contribution is 4.65. The Morgan fingerprint density at radius 2 is 1.91 bits per heavy atom. The first-order valence-corrected chi connectivity index (χ1v) is 4.16. The lowest BCUT2D eigenvalue weighted by molar-refractivity contribution is 0.0173. The van der Waals surface area contributed by atoms with E-state index in [1.807, 2.05) is 13.8 Å². The van der Waals surface area contributed by atoms with Gasteiger partial charge in [0, 0.05) is 12.0 Å². The standard InChI is InChI=1S/C9H20O2/c1-8(2)5-11-7-9(3,4)6-10/h8,10H,5-7H2,1-4H3. The van der Waals surface area contributed by atoms with Gasteiger partial charge in [-0.1, -0.05) is 27.7 Å². The molecule has 0 aromatic heterocycles. The minimum Gasteiger partial charge on any atom is -0.396 e. The molecule has 0 spiro atoms. The summed E-state index contributed by atoms with van der Waals surface area (Å²) in [7, 11) is 0. The zero-order chi connectivity index (χ0) is 8.91. The lowest BCUT2D eigenvalue weighted by Crippen LogP contribution is -2.24. The zero-order valence-corrected chi connectivity index (χ0v) is 8.05. The second-order valence-corrected chi connectivity index (χ2v) is 4.23. The third-order valence-electron chi connectivity index (χ3n) is 1.37. The van der Waals surface area contributed by atoms with Gasteiger partial charge in [-0.25, -0.2) is 0 Å². The van der Waals surface area contributed by atoms with Crippen LogP contribution in [0.15, 0.2) is 0 Å². The Morgan fingerprint density at radius 1 is 1.36 bits per heavy atom. The maximum absolute atomic E-state index is 8.88. The Labute approximate surface area is 69.6 Å². The molecule has 0 bridgehead atoms. The molecule has 0 aliphatic rings. The van der Waals surface area contributed by atoms with Crippen LogP contribution in [0.1, 0.15) is 27.7 Å². The van der Waals surface area contributed by atoms with Gasteiger partial charge >= 0.3 is 0 Å². The third kappa shape index (κ3) is 6.32. The Kier molecular flexibility index (Phi) is 4.69. The summed E-state index contributed by atoms with van der Waals surface area (Å²) in [5.41, 5.74) is -0.0884. The van der Waals surface area contributed by atoms with Crippen LogP contribution in [-0.2, 0) is 4.74 Å². The van der Waals surface area contributed by atoms with E-state index in [0.717, 1.165) is 6.61 Å². The van der Waals surface area contributed by atoms with Crippen LogP contribution >= 0.6 is 0 Å². The smallest absolute Gasteiger partial charge is 0.0539 e. The molecule has 68 valence electrons. The Balaban J connectivity index is 3.38. The molecular weight excluding hydrogens is 140 g/mol. The maximum Gasteiger partial charge on any atom is 0.0539 e. The molecule has 0 heterocycles. The summed E-state index contributed by atoms with van der Waals surface area (Å²) in [6.45, 7) is 9.83. The van der Waals surface area contributed by atoms with Crippen molar-refractivity contribution in [2.24, 2.45) is 11.3 Å². The molecule has 0 rings (SSSR count). The largest absolute Gasteiger partial charge is 0.396 e. The van der Waals surface area contributed by atoms with Gasteiger partial charge in [0.05, 0.1) is 13.2 Å². The Morgan fingerprint density at radius 3 is 2.27 bits per heavy atom. The molecule has 2 heteroatoms. The molecule has 0 atom stereocenters. The van der Waals surface area contributed by atoms with E-state index in [2.05, 4.69) is 13.8 Å². The molecule has 1 N–H and O–H groups in total. The monoisotopic (exact) mass is 160 g/mol. The first-order valence-electron chi connectivity index (χ1n) is 4.16. The van der Waals surface area contributed by atoms with Crippen molar-refractivity contribution in [3.05, 3.63) is 0 Å². The molecule has 0 saturated carbocycles. The molecule has 0 aliphatic heterocycles.